The molecule has 3 aromatic carbocycles. The van der Waals surface area contributed by atoms with Crippen molar-refractivity contribution in [1.82, 2.24) is 29.7 Å². The summed E-state index contributed by atoms with van der Waals surface area (Å²) in [5.74, 6) is 1.93. The van der Waals surface area contributed by atoms with Crippen molar-refractivity contribution < 1.29 is 19.1 Å². The van der Waals surface area contributed by atoms with Crippen LogP contribution in [-0.4, -0.2) is 65.7 Å². The third-order valence-corrected chi connectivity index (χ3v) is 9.91. The fourth-order valence-corrected chi connectivity index (χ4v) is 7.44. The quantitative estimate of drug-likeness (QED) is 0.172. The van der Waals surface area contributed by atoms with E-state index >= 15 is 0 Å². The van der Waals surface area contributed by atoms with Crippen LogP contribution in [0.15, 0.2) is 73.1 Å². The highest BCUT2D eigenvalue weighted by atomic mass is 16.6. The summed E-state index contributed by atoms with van der Waals surface area (Å²) in [5, 5.41) is 2.27. The lowest BCUT2D eigenvalue weighted by molar-refractivity contribution is 0.0150. The predicted octanol–water partition coefficient (Wildman–Crippen LogP) is 12.0. The summed E-state index contributed by atoms with van der Waals surface area (Å²) in [6.45, 7) is 20.2. The number of carbonyl (C=O) groups excluding carboxylic acids is 2. The van der Waals surface area contributed by atoms with Gasteiger partial charge in [-0.05, 0) is 113 Å². The zero-order valence-corrected chi connectivity index (χ0v) is 34.6. The Morgan fingerprint density at radius 2 is 1.16 bits per heavy atom. The Morgan fingerprint density at radius 1 is 0.684 bits per heavy atom. The molecule has 2 aliphatic heterocycles. The van der Waals surface area contributed by atoms with Crippen molar-refractivity contribution in [2.24, 2.45) is 5.92 Å². The van der Waals surface area contributed by atoms with E-state index in [1.807, 2.05) is 72.7 Å². The van der Waals surface area contributed by atoms with Gasteiger partial charge < -0.3 is 19.4 Å². The number of fused-ring (bicyclic) bond motifs is 1. The summed E-state index contributed by atoms with van der Waals surface area (Å²) in [5.41, 5.74) is 5.05. The Hall–Kier alpha value is -5.56. The number of benzene rings is 3. The number of aromatic nitrogens is 4. The van der Waals surface area contributed by atoms with Crippen LogP contribution in [-0.2, 0) is 9.47 Å². The van der Waals surface area contributed by atoms with Crippen molar-refractivity contribution in [2.75, 3.05) is 6.54 Å². The van der Waals surface area contributed by atoms with Gasteiger partial charge in [-0.15, -0.1) is 12.8 Å². The summed E-state index contributed by atoms with van der Waals surface area (Å²) in [6.07, 6.45) is 13.7. The molecule has 57 heavy (non-hydrogen) atoms. The number of nitrogens with one attached hydrogen (secondary N) is 2. The van der Waals surface area contributed by atoms with Crippen LogP contribution >= 0.6 is 0 Å². The lowest BCUT2D eigenvalue weighted by Gasteiger charge is -2.30. The molecule has 0 radical (unpaired) electrons. The molecule has 5 aromatic rings. The number of aromatic amines is 2. The number of rotatable bonds is 5. The van der Waals surface area contributed by atoms with E-state index in [2.05, 4.69) is 97.3 Å². The second kappa shape index (κ2) is 18.1. The zero-order chi connectivity index (χ0) is 40.9. The fraction of sp³-hybridized carbons (Fsp3) is 0.447. The molecule has 10 heteroatoms. The van der Waals surface area contributed by atoms with Gasteiger partial charge in [-0.2, -0.15) is 0 Å². The third-order valence-electron chi connectivity index (χ3n) is 9.91. The standard InChI is InChI=1S/C42H50N6O4.C2H6.C2H2.CH4/c1-25-19-36(47(24-25)39(49)51-41(3,4)5)38-44-22-33(45-38)28-12-10-27(11-13-28)29-14-15-31-21-32(17-16-30(31)20-29)34-23-43-37(46-34)35-18-9-26(2)48(35)40(50)52-42(6,7)8;2*1-2;/h10-17,20-23,25-26,35-36H,9,18-19,24H2,1-8H3,(H,43,46)(H,44,45);1-2H3;1-2H;1H4/t25?,26?,35-,36-;;;/m0.../s1. The number of H-pyrrole nitrogens is 2. The molecule has 10 nitrogen and oxygen atoms in total. The first-order chi connectivity index (χ1) is 26.6. The molecule has 2 amide bonds. The van der Waals surface area contributed by atoms with Crippen molar-refractivity contribution >= 4 is 23.0 Å². The number of amides is 2. The maximum Gasteiger partial charge on any atom is 0.411 e. The molecule has 2 aromatic heterocycles. The number of terminal acetylenes is 1. The van der Waals surface area contributed by atoms with Gasteiger partial charge in [0, 0.05) is 18.2 Å². The molecule has 2 aliphatic rings. The Bertz CT molecular complexity index is 2130. The minimum Gasteiger partial charge on any atom is -0.444 e. The minimum absolute atomic E-state index is 0. The first-order valence-corrected chi connectivity index (χ1v) is 19.7. The predicted molar refractivity (Wildman–Crippen MR) is 231 cm³/mol. The van der Waals surface area contributed by atoms with E-state index in [0.29, 0.717) is 12.5 Å². The molecular formula is C47H62N6O4. The van der Waals surface area contributed by atoms with E-state index in [4.69, 9.17) is 19.4 Å². The van der Waals surface area contributed by atoms with Crippen LogP contribution in [0.4, 0.5) is 9.59 Å². The first-order valence-electron chi connectivity index (χ1n) is 19.7. The van der Waals surface area contributed by atoms with Gasteiger partial charge in [-0.3, -0.25) is 9.80 Å². The van der Waals surface area contributed by atoms with Crippen LogP contribution in [0.1, 0.15) is 120 Å². The molecule has 4 atom stereocenters. The van der Waals surface area contributed by atoms with Gasteiger partial charge in [0.1, 0.15) is 22.9 Å². The Balaban J connectivity index is 0.00000140. The highest BCUT2D eigenvalue weighted by Crippen LogP contribution is 2.38. The summed E-state index contributed by atoms with van der Waals surface area (Å²) in [7, 11) is 0. The maximum atomic E-state index is 13.0. The molecule has 0 spiro atoms. The Morgan fingerprint density at radius 3 is 1.74 bits per heavy atom. The molecule has 2 fully saturated rings. The smallest absolute Gasteiger partial charge is 0.411 e. The van der Waals surface area contributed by atoms with Crippen molar-refractivity contribution in [1.29, 1.82) is 0 Å². The molecule has 304 valence electrons. The van der Waals surface area contributed by atoms with Gasteiger partial charge in [0.15, 0.2) is 0 Å². The van der Waals surface area contributed by atoms with E-state index in [-0.39, 0.29) is 37.7 Å². The highest BCUT2D eigenvalue weighted by Gasteiger charge is 2.40. The summed E-state index contributed by atoms with van der Waals surface area (Å²) < 4.78 is 11.4. The van der Waals surface area contributed by atoms with Crippen LogP contribution in [0.5, 0.6) is 0 Å². The van der Waals surface area contributed by atoms with E-state index in [0.717, 1.165) is 75.3 Å². The van der Waals surface area contributed by atoms with Gasteiger partial charge in [-0.1, -0.05) is 76.7 Å². The molecule has 2 N–H and O–H groups in total. The van der Waals surface area contributed by atoms with Crippen LogP contribution < -0.4 is 0 Å². The lowest BCUT2D eigenvalue weighted by atomic mass is 9.98. The Kier molecular flexibility index (Phi) is 14.1. The second-order valence-electron chi connectivity index (χ2n) is 16.5. The molecule has 0 saturated carbocycles. The van der Waals surface area contributed by atoms with Gasteiger partial charge in [-0.25, -0.2) is 19.6 Å². The van der Waals surface area contributed by atoms with Crippen LogP contribution in [0, 0.1) is 18.8 Å². The monoisotopic (exact) mass is 774 g/mol. The third kappa shape index (κ3) is 10.3. The molecule has 4 heterocycles. The summed E-state index contributed by atoms with van der Waals surface area (Å²) >= 11 is 0. The van der Waals surface area contributed by atoms with Crippen LogP contribution in [0.3, 0.4) is 0 Å². The average Bonchev–Trinajstić information content (AvgIpc) is 3.98. The van der Waals surface area contributed by atoms with E-state index in [1.165, 1.54) is 0 Å². The topological polar surface area (TPSA) is 116 Å². The van der Waals surface area contributed by atoms with Gasteiger partial charge >= 0.3 is 12.2 Å². The molecular weight excluding hydrogens is 713 g/mol. The molecule has 2 unspecified atom stereocenters. The molecule has 0 bridgehead atoms. The van der Waals surface area contributed by atoms with Crippen LogP contribution in [0.2, 0.25) is 0 Å². The zero-order valence-electron chi connectivity index (χ0n) is 34.6. The molecule has 2 saturated heterocycles. The normalized spacial score (nSPS) is 19.2. The minimum atomic E-state index is -0.555. The lowest BCUT2D eigenvalue weighted by Crippen LogP contribution is -2.40. The first kappa shape index (κ1) is 44.2. The van der Waals surface area contributed by atoms with Crippen LogP contribution in [0.25, 0.3) is 44.4 Å². The maximum absolute atomic E-state index is 13.0. The average molecular weight is 775 g/mol. The van der Waals surface area contributed by atoms with Crippen molar-refractivity contribution in [2.45, 2.75) is 125 Å². The molecule has 0 aliphatic carbocycles. The van der Waals surface area contributed by atoms with Gasteiger partial charge in [0.05, 0.1) is 35.9 Å². The SMILES string of the molecule is C.C#C.CC.CC1C[C@@H](c2ncc(-c3ccc(-c4ccc5cc(-c6cnc([C@@H]7CCC(C)N7C(=O)OC(C)(C)C)[nH]6)ccc5c4)cc3)[nH]2)N(C(=O)OC(C)(C)C)C1. The second-order valence-corrected chi connectivity index (χ2v) is 16.5. The number of hydrogen-bond acceptors (Lipinski definition) is 6. The van der Waals surface area contributed by atoms with Crippen molar-refractivity contribution in [3.8, 4) is 46.5 Å². The van der Waals surface area contributed by atoms with E-state index in [9.17, 15) is 9.59 Å². The number of nitrogens with zero attached hydrogens (tertiary/aromatic N) is 4. The summed E-state index contributed by atoms with van der Waals surface area (Å²) in [4.78, 5) is 46.0. The number of carbonyl (C=O) groups is 2. The van der Waals surface area contributed by atoms with Gasteiger partial charge in [0.25, 0.3) is 0 Å². The summed E-state index contributed by atoms with van der Waals surface area (Å²) in [6, 6.07) is 21.2. The van der Waals surface area contributed by atoms with Gasteiger partial charge in [0.2, 0.25) is 0 Å². The number of likely N-dealkylation sites (tertiary alicyclic amines) is 2. The van der Waals surface area contributed by atoms with Crippen molar-refractivity contribution in [3.63, 3.8) is 0 Å². The Labute approximate surface area is 339 Å². The molecule has 7 rings (SSSR count). The number of imidazole rings is 2. The highest BCUT2D eigenvalue weighted by molar-refractivity contribution is 5.90. The fourth-order valence-electron chi connectivity index (χ4n) is 7.44. The van der Waals surface area contributed by atoms with Crippen molar-refractivity contribution in [3.05, 3.63) is 84.7 Å². The number of hydrogen-bond donors (Lipinski definition) is 2. The van der Waals surface area contributed by atoms with E-state index < -0.39 is 11.2 Å². The number of ether oxygens (including phenoxy) is 2. The largest absolute Gasteiger partial charge is 0.444 e. The van der Waals surface area contributed by atoms with E-state index in [1.54, 1.807) is 4.90 Å².